The van der Waals surface area contributed by atoms with Gasteiger partial charge < -0.3 is 4.90 Å². The highest BCUT2D eigenvalue weighted by atomic mass is 32.2. The van der Waals surface area contributed by atoms with Gasteiger partial charge in [-0.3, -0.25) is 4.79 Å². The van der Waals surface area contributed by atoms with E-state index in [2.05, 4.69) is 4.36 Å². The van der Waals surface area contributed by atoms with Crippen LogP contribution in [-0.2, 0) is 15.3 Å². The maximum Gasteiger partial charge on any atom is 0.311 e. The van der Waals surface area contributed by atoms with Crippen molar-refractivity contribution >= 4 is 22.1 Å². The van der Waals surface area contributed by atoms with Crippen LogP contribution in [0.15, 0.2) is 34.7 Å². The molecule has 0 N–H and O–H groups in total. The minimum atomic E-state index is -2.52. The van der Waals surface area contributed by atoms with Crippen LogP contribution in [0.4, 0.5) is 5.69 Å². The standard InChI is InChI=1S/C10H10N2O3S/c13-10-9(11-16(14)15)6-7-12(10)8-4-2-1-3-5-8/h1-5,9H,6-7H2. The lowest BCUT2D eigenvalue weighted by Crippen LogP contribution is -2.28. The topological polar surface area (TPSA) is 66.8 Å². The van der Waals surface area contributed by atoms with Crippen molar-refractivity contribution in [1.82, 2.24) is 0 Å². The fraction of sp³-hybridized carbons (Fsp3) is 0.300. The zero-order chi connectivity index (χ0) is 11.5. The zero-order valence-corrected chi connectivity index (χ0v) is 9.22. The van der Waals surface area contributed by atoms with E-state index >= 15 is 0 Å². The molecule has 0 radical (unpaired) electrons. The largest absolute Gasteiger partial charge is 0.311 e. The molecule has 1 aliphatic heterocycles. The molecule has 1 unspecified atom stereocenters. The number of amides is 1. The Labute approximate surface area is 94.4 Å². The van der Waals surface area contributed by atoms with E-state index in [9.17, 15) is 13.2 Å². The van der Waals surface area contributed by atoms with Gasteiger partial charge in [0.1, 0.15) is 6.04 Å². The summed E-state index contributed by atoms with van der Waals surface area (Å²) in [6.45, 7) is 0.508. The van der Waals surface area contributed by atoms with Crippen LogP contribution >= 0.6 is 0 Å². The molecule has 0 saturated carbocycles. The van der Waals surface area contributed by atoms with E-state index in [-0.39, 0.29) is 5.91 Å². The Balaban J connectivity index is 2.23. The monoisotopic (exact) mass is 238 g/mol. The number of nitrogens with zero attached hydrogens (tertiary/aromatic N) is 2. The Morgan fingerprint density at radius 3 is 2.56 bits per heavy atom. The summed E-state index contributed by atoms with van der Waals surface area (Å²) in [7, 11) is -2.52. The lowest BCUT2D eigenvalue weighted by Gasteiger charge is -2.15. The second-order valence-corrected chi connectivity index (χ2v) is 4.10. The predicted molar refractivity (Wildman–Crippen MR) is 58.5 cm³/mol. The molecule has 2 rings (SSSR count). The molecular formula is C10H10N2O3S. The van der Waals surface area contributed by atoms with E-state index in [0.717, 1.165) is 5.69 Å². The van der Waals surface area contributed by atoms with Crippen molar-refractivity contribution in [3.8, 4) is 0 Å². The Morgan fingerprint density at radius 1 is 1.25 bits per heavy atom. The Hall–Kier alpha value is -1.69. The van der Waals surface area contributed by atoms with Gasteiger partial charge in [-0.15, -0.1) is 0 Å². The average molecular weight is 238 g/mol. The quantitative estimate of drug-likeness (QED) is 0.767. The lowest BCUT2D eigenvalue weighted by molar-refractivity contribution is -0.118. The van der Waals surface area contributed by atoms with Gasteiger partial charge in [-0.25, -0.2) is 0 Å². The molecule has 6 heteroatoms. The van der Waals surface area contributed by atoms with Gasteiger partial charge >= 0.3 is 10.5 Å². The number of carbonyl (C=O) groups excluding carboxylic acids is 1. The molecule has 5 nitrogen and oxygen atoms in total. The summed E-state index contributed by atoms with van der Waals surface area (Å²) in [6.07, 6.45) is 0.446. The minimum absolute atomic E-state index is 0.254. The number of rotatable bonds is 2. The van der Waals surface area contributed by atoms with Crippen LogP contribution < -0.4 is 4.90 Å². The van der Waals surface area contributed by atoms with E-state index < -0.39 is 16.5 Å². The van der Waals surface area contributed by atoms with Crippen molar-refractivity contribution in [2.75, 3.05) is 11.4 Å². The fourth-order valence-electron chi connectivity index (χ4n) is 1.73. The molecule has 1 saturated heterocycles. The molecule has 1 aromatic carbocycles. The molecule has 1 heterocycles. The van der Waals surface area contributed by atoms with Crippen LogP contribution in [0.3, 0.4) is 0 Å². The SMILES string of the molecule is O=C1C(N=S(=O)=O)CCN1c1ccccc1. The Morgan fingerprint density at radius 2 is 1.94 bits per heavy atom. The molecule has 0 spiro atoms. The summed E-state index contributed by atoms with van der Waals surface area (Å²) in [5.41, 5.74) is 0.780. The molecule has 1 amide bonds. The van der Waals surface area contributed by atoms with Gasteiger partial charge in [-0.1, -0.05) is 18.2 Å². The first-order valence-corrected chi connectivity index (χ1v) is 5.88. The molecule has 1 aliphatic rings. The van der Waals surface area contributed by atoms with Gasteiger partial charge in [0, 0.05) is 12.2 Å². The number of anilines is 1. The number of carbonyl (C=O) groups is 1. The first kappa shape index (κ1) is 10.8. The third kappa shape index (κ3) is 2.11. The smallest absolute Gasteiger partial charge is 0.310 e. The summed E-state index contributed by atoms with van der Waals surface area (Å²) in [5, 5.41) is 0. The molecule has 1 fully saturated rings. The Bertz CT molecular complexity index is 516. The molecule has 1 atom stereocenters. The van der Waals surface area contributed by atoms with Crippen molar-refractivity contribution in [2.24, 2.45) is 4.36 Å². The molecule has 1 aromatic rings. The summed E-state index contributed by atoms with van der Waals surface area (Å²) in [4.78, 5) is 13.4. The number of hydrogen-bond acceptors (Lipinski definition) is 4. The lowest BCUT2D eigenvalue weighted by atomic mass is 10.3. The highest BCUT2D eigenvalue weighted by Gasteiger charge is 2.32. The number of benzene rings is 1. The van der Waals surface area contributed by atoms with Crippen LogP contribution in [0.2, 0.25) is 0 Å². The zero-order valence-electron chi connectivity index (χ0n) is 8.41. The maximum absolute atomic E-state index is 11.8. The first-order valence-electron chi connectivity index (χ1n) is 4.85. The molecule has 0 aliphatic carbocycles. The van der Waals surface area contributed by atoms with E-state index in [0.29, 0.717) is 13.0 Å². The minimum Gasteiger partial charge on any atom is -0.310 e. The van der Waals surface area contributed by atoms with Gasteiger partial charge in [-0.05, 0) is 18.6 Å². The van der Waals surface area contributed by atoms with Crippen molar-refractivity contribution in [3.05, 3.63) is 30.3 Å². The first-order chi connectivity index (χ1) is 7.68. The van der Waals surface area contributed by atoms with Crippen LogP contribution in [0.1, 0.15) is 6.42 Å². The van der Waals surface area contributed by atoms with E-state index in [4.69, 9.17) is 0 Å². The van der Waals surface area contributed by atoms with E-state index in [1.54, 1.807) is 4.90 Å². The second kappa shape index (κ2) is 4.44. The molecular weight excluding hydrogens is 228 g/mol. The summed E-state index contributed by atoms with van der Waals surface area (Å²) < 4.78 is 24.2. The van der Waals surface area contributed by atoms with Crippen molar-refractivity contribution in [3.63, 3.8) is 0 Å². The molecule has 0 aromatic heterocycles. The van der Waals surface area contributed by atoms with Crippen LogP contribution in [0, 0.1) is 0 Å². The summed E-state index contributed by atoms with van der Waals surface area (Å²) >= 11 is 0. The van der Waals surface area contributed by atoms with Gasteiger partial charge in [0.25, 0.3) is 5.91 Å². The fourth-order valence-corrected chi connectivity index (χ4v) is 2.13. The second-order valence-electron chi connectivity index (χ2n) is 3.45. The highest BCUT2D eigenvalue weighted by Crippen LogP contribution is 2.22. The molecule has 84 valence electrons. The van der Waals surface area contributed by atoms with Crippen molar-refractivity contribution in [2.45, 2.75) is 12.5 Å². The molecule has 16 heavy (non-hydrogen) atoms. The van der Waals surface area contributed by atoms with E-state index in [1.807, 2.05) is 30.3 Å². The van der Waals surface area contributed by atoms with Gasteiger partial charge in [0.2, 0.25) is 0 Å². The number of hydrogen-bond donors (Lipinski definition) is 0. The Kier molecular flexibility index (Phi) is 3.00. The van der Waals surface area contributed by atoms with Gasteiger partial charge in [-0.2, -0.15) is 12.8 Å². The van der Waals surface area contributed by atoms with Crippen LogP contribution in [0.5, 0.6) is 0 Å². The third-order valence-electron chi connectivity index (χ3n) is 2.46. The maximum atomic E-state index is 11.8. The summed E-state index contributed by atoms with van der Waals surface area (Å²) in [5.74, 6) is -0.254. The van der Waals surface area contributed by atoms with Crippen molar-refractivity contribution in [1.29, 1.82) is 0 Å². The van der Waals surface area contributed by atoms with Gasteiger partial charge in [0.15, 0.2) is 0 Å². The summed E-state index contributed by atoms with van der Waals surface area (Å²) in [6, 6.07) is 8.40. The highest BCUT2D eigenvalue weighted by molar-refractivity contribution is 7.61. The van der Waals surface area contributed by atoms with E-state index in [1.165, 1.54) is 0 Å². The number of para-hydroxylation sites is 1. The van der Waals surface area contributed by atoms with Gasteiger partial charge in [0.05, 0.1) is 0 Å². The van der Waals surface area contributed by atoms with Crippen LogP contribution in [0.25, 0.3) is 0 Å². The molecule has 0 bridgehead atoms. The average Bonchev–Trinajstić information content (AvgIpc) is 2.61. The normalized spacial score (nSPS) is 19.9. The third-order valence-corrected chi connectivity index (χ3v) is 2.89. The van der Waals surface area contributed by atoms with Crippen LogP contribution in [-0.4, -0.2) is 26.9 Å². The predicted octanol–water partition coefficient (Wildman–Crippen LogP) is 0.855. The van der Waals surface area contributed by atoms with Crippen molar-refractivity contribution < 1.29 is 13.2 Å².